The third-order valence-electron chi connectivity index (χ3n) is 3.88. The van der Waals surface area contributed by atoms with Crippen LogP contribution in [0, 0.1) is 12.7 Å². The Balaban J connectivity index is 1.61. The number of anilines is 1. The monoisotopic (exact) mass is 364 g/mol. The number of hydrogen-bond acceptors (Lipinski definition) is 4. The van der Waals surface area contributed by atoms with Crippen LogP contribution in [0.4, 0.5) is 10.2 Å². The highest BCUT2D eigenvalue weighted by atomic mass is 79.9. The average Bonchev–Trinajstić information content (AvgIpc) is 2.53. The summed E-state index contributed by atoms with van der Waals surface area (Å²) in [5.41, 5.74) is 0.737. The molecule has 0 amide bonds. The number of nitrogens with zero attached hydrogens (tertiary/aromatic N) is 4. The molecule has 2 heterocycles. The van der Waals surface area contributed by atoms with E-state index < -0.39 is 0 Å². The first kappa shape index (κ1) is 15.4. The van der Waals surface area contributed by atoms with E-state index in [1.165, 1.54) is 0 Å². The normalized spacial score (nSPS) is 16.0. The van der Waals surface area contributed by atoms with Gasteiger partial charge in [-0.1, -0.05) is 12.1 Å². The molecule has 0 saturated carbocycles. The van der Waals surface area contributed by atoms with Crippen LogP contribution >= 0.6 is 15.9 Å². The van der Waals surface area contributed by atoms with Crippen LogP contribution in [0.25, 0.3) is 0 Å². The van der Waals surface area contributed by atoms with Gasteiger partial charge in [0.2, 0.25) is 0 Å². The van der Waals surface area contributed by atoms with Gasteiger partial charge in [-0.2, -0.15) is 0 Å². The second kappa shape index (κ2) is 6.71. The Morgan fingerprint density at radius 3 is 2.68 bits per heavy atom. The Bertz CT molecular complexity index is 656. The average molecular weight is 365 g/mol. The van der Waals surface area contributed by atoms with Crippen molar-refractivity contribution in [3.63, 3.8) is 0 Å². The van der Waals surface area contributed by atoms with Gasteiger partial charge < -0.3 is 4.90 Å². The van der Waals surface area contributed by atoms with Gasteiger partial charge >= 0.3 is 0 Å². The molecule has 3 rings (SSSR count). The van der Waals surface area contributed by atoms with Crippen LogP contribution < -0.4 is 4.90 Å². The predicted octanol–water partition coefficient (Wildman–Crippen LogP) is 3.01. The van der Waals surface area contributed by atoms with E-state index in [-0.39, 0.29) is 5.82 Å². The Morgan fingerprint density at radius 2 is 1.95 bits per heavy atom. The van der Waals surface area contributed by atoms with Crippen molar-refractivity contribution in [2.75, 3.05) is 31.1 Å². The van der Waals surface area contributed by atoms with Crippen molar-refractivity contribution in [1.29, 1.82) is 0 Å². The summed E-state index contributed by atoms with van der Waals surface area (Å²) in [5, 5.41) is 0. The zero-order chi connectivity index (χ0) is 15.5. The van der Waals surface area contributed by atoms with Crippen LogP contribution in [0.1, 0.15) is 11.4 Å². The Kier molecular flexibility index (Phi) is 4.69. The molecule has 0 radical (unpaired) electrons. The van der Waals surface area contributed by atoms with E-state index in [1.807, 2.05) is 25.1 Å². The van der Waals surface area contributed by atoms with Crippen molar-refractivity contribution in [1.82, 2.24) is 14.9 Å². The third kappa shape index (κ3) is 3.44. The van der Waals surface area contributed by atoms with Gasteiger partial charge in [0.15, 0.2) is 0 Å². The van der Waals surface area contributed by atoms with Crippen LogP contribution in [-0.4, -0.2) is 41.0 Å². The minimum atomic E-state index is -0.156. The lowest BCUT2D eigenvalue weighted by Gasteiger charge is -2.35. The van der Waals surface area contributed by atoms with Crippen molar-refractivity contribution in [3.05, 3.63) is 52.1 Å². The molecule has 0 aliphatic carbocycles. The van der Waals surface area contributed by atoms with Crippen LogP contribution in [0.15, 0.2) is 34.9 Å². The van der Waals surface area contributed by atoms with Crippen LogP contribution in [-0.2, 0) is 6.54 Å². The molecule has 1 aliphatic heterocycles. The van der Waals surface area contributed by atoms with Crippen LogP contribution in [0.3, 0.4) is 0 Å². The Labute approximate surface area is 138 Å². The van der Waals surface area contributed by atoms with Crippen molar-refractivity contribution in [2.24, 2.45) is 0 Å². The smallest absolute Gasteiger partial charge is 0.141 e. The molecule has 0 atom stereocenters. The summed E-state index contributed by atoms with van der Waals surface area (Å²) in [7, 11) is 0. The maximum atomic E-state index is 14.0. The second-order valence-electron chi connectivity index (χ2n) is 5.44. The number of piperazine rings is 1. The largest absolute Gasteiger partial charge is 0.354 e. The van der Waals surface area contributed by atoms with E-state index in [1.54, 1.807) is 12.3 Å². The molecular weight excluding hydrogens is 347 g/mol. The molecule has 0 spiro atoms. The maximum Gasteiger partial charge on any atom is 0.141 e. The molecule has 116 valence electrons. The van der Waals surface area contributed by atoms with Crippen molar-refractivity contribution in [3.8, 4) is 0 Å². The lowest BCUT2D eigenvalue weighted by atomic mass is 10.2. The first-order valence-corrected chi connectivity index (χ1v) is 8.12. The summed E-state index contributed by atoms with van der Waals surface area (Å²) < 4.78 is 14.6. The summed E-state index contributed by atoms with van der Waals surface area (Å²) in [4.78, 5) is 13.1. The summed E-state index contributed by atoms with van der Waals surface area (Å²) >= 11 is 3.24. The summed E-state index contributed by atoms with van der Waals surface area (Å²) in [6.45, 7) is 6.12. The summed E-state index contributed by atoms with van der Waals surface area (Å²) in [6.07, 6.45) is 1.79. The van der Waals surface area contributed by atoms with Crippen molar-refractivity contribution in [2.45, 2.75) is 13.5 Å². The van der Waals surface area contributed by atoms with E-state index in [0.29, 0.717) is 11.0 Å². The van der Waals surface area contributed by atoms with Crippen LogP contribution in [0.2, 0.25) is 0 Å². The number of halogens is 2. The highest BCUT2D eigenvalue weighted by Gasteiger charge is 2.19. The standard InChI is InChI=1S/C16H18BrFN4/c1-12-19-6-5-15(20-12)22-9-7-21(8-10-22)11-13-3-2-4-14(17)16(13)18/h2-6H,7-11H2,1H3. The highest BCUT2D eigenvalue weighted by Crippen LogP contribution is 2.21. The van der Waals surface area contributed by atoms with E-state index in [4.69, 9.17) is 0 Å². The minimum absolute atomic E-state index is 0.156. The summed E-state index contributed by atoms with van der Waals surface area (Å²) in [5.74, 6) is 1.60. The molecule has 0 unspecified atom stereocenters. The number of rotatable bonds is 3. The molecular formula is C16H18BrFN4. The second-order valence-corrected chi connectivity index (χ2v) is 6.29. The van der Waals surface area contributed by atoms with Gasteiger partial charge in [0.05, 0.1) is 4.47 Å². The fourth-order valence-corrected chi connectivity index (χ4v) is 3.07. The first-order chi connectivity index (χ1) is 10.6. The molecule has 4 nitrogen and oxygen atoms in total. The van der Waals surface area contributed by atoms with Gasteiger partial charge in [0.1, 0.15) is 17.5 Å². The maximum absolute atomic E-state index is 14.0. The molecule has 1 aromatic heterocycles. The zero-order valence-electron chi connectivity index (χ0n) is 12.5. The SMILES string of the molecule is Cc1nccc(N2CCN(Cc3cccc(Br)c3F)CC2)n1. The minimum Gasteiger partial charge on any atom is -0.354 e. The van der Waals surface area contributed by atoms with Gasteiger partial charge in [-0.15, -0.1) is 0 Å². The Morgan fingerprint density at radius 1 is 1.18 bits per heavy atom. The number of benzene rings is 1. The van der Waals surface area contributed by atoms with Gasteiger partial charge in [-0.25, -0.2) is 14.4 Å². The predicted molar refractivity (Wildman–Crippen MR) is 88.4 cm³/mol. The molecule has 2 aromatic rings. The topological polar surface area (TPSA) is 32.3 Å². The van der Waals surface area contributed by atoms with Gasteiger partial charge in [0, 0.05) is 44.5 Å². The Hall–Kier alpha value is -1.53. The molecule has 1 saturated heterocycles. The summed E-state index contributed by atoms with van der Waals surface area (Å²) in [6, 6.07) is 7.40. The van der Waals surface area contributed by atoms with Crippen molar-refractivity contribution >= 4 is 21.7 Å². The molecule has 6 heteroatoms. The number of aromatic nitrogens is 2. The van der Waals surface area contributed by atoms with Crippen LogP contribution in [0.5, 0.6) is 0 Å². The molecule has 0 N–H and O–H groups in total. The third-order valence-corrected chi connectivity index (χ3v) is 4.50. The van der Waals surface area contributed by atoms with Crippen molar-refractivity contribution < 1.29 is 4.39 Å². The molecule has 1 fully saturated rings. The lowest BCUT2D eigenvalue weighted by molar-refractivity contribution is 0.246. The number of hydrogen-bond donors (Lipinski definition) is 0. The molecule has 1 aromatic carbocycles. The van der Waals surface area contributed by atoms with E-state index in [0.717, 1.165) is 43.4 Å². The zero-order valence-corrected chi connectivity index (χ0v) is 14.1. The van der Waals surface area contributed by atoms with E-state index >= 15 is 0 Å². The number of aryl methyl sites for hydroxylation is 1. The lowest BCUT2D eigenvalue weighted by Crippen LogP contribution is -2.46. The highest BCUT2D eigenvalue weighted by molar-refractivity contribution is 9.10. The fourth-order valence-electron chi connectivity index (χ4n) is 2.67. The van der Waals surface area contributed by atoms with Gasteiger partial charge in [0.25, 0.3) is 0 Å². The van der Waals surface area contributed by atoms with E-state index in [9.17, 15) is 4.39 Å². The fraction of sp³-hybridized carbons (Fsp3) is 0.375. The van der Waals surface area contributed by atoms with E-state index in [2.05, 4.69) is 35.7 Å². The van der Waals surface area contributed by atoms with Gasteiger partial charge in [-0.05, 0) is 35.0 Å². The van der Waals surface area contributed by atoms with Gasteiger partial charge in [-0.3, -0.25) is 4.90 Å². The molecule has 0 bridgehead atoms. The quantitative estimate of drug-likeness (QED) is 0.837. The first-order valence-electron chi connectivity index (χ1n) is 7.33. The molecule has 1 aliphatic rings. The molecule has 22 heavy (non-hydrogen) atoms.